The summed E-state index contributed by atoms with van der Waals surface area (Å²) in [4.78, 5) is 16.2. The van der Waals surface area contributed by atoms with E-state index in [1.54, 1.807) is 0 Å². The van der Waals surface area contributed by atoms with Crippen LogP contribution in [0.4, 0.5) is 0 Å². The number of aromatic nitrogens is 2. The van der Waals surface area contributed by atoms with Crippen molar-refractivity contribution in [1.82, 2.24) is 14.9 Å². The zero-order valence-electron chi connectivity index (χ0n) is 9.64. The summed E-state index contributed by atoms with van der Waals surface area (Å²) < 4.78 is 23.5. The Labute approximate surface area is 99.6 Å². The quantitative estimate of drug-likeness (QED) is 0.746. The monoisotopic (exact) mass is 257 g/mol. The van der Waals surface area contributed by atoms with Crippen molar-refractivity contribution in [2.45, 2.75) is 19.5 Å². The summed E-state index contributed by atoms with van der Waals surface area (Å²) in [5, 5.41) is 3.14. The van der Waals surface area contributed by atoms with Gasteiger partial charge < -0.3 is 5.32 Å². The highest BCUT2D eigenvalue weighted by atomic mass is 32.2. The Bertz CT molecular complexity index is 577. The lowest BCUT2D eigenvalue weighted by atomic mass is 10.1. The molecule has 6 nitrogen and oxygen atoms in total. The van der Waals surface area contributed by atoms with E-state index in [9.17, 15) is 13.2 Å². The molecule has 0 bridgehead atoms. The first-order chi connectivity index (χ1) is 7.97. The van der Waals surface area contributed by atoms with Crippen LogP contribution in [0.1, 0.15) is 11.3 Å². The van der Waals surface area contributed by atoms with Crippen molar-refractivity contribution in [3.05, 3.63) is 27.9 Å². The van der Waals surface area contributed by atoms with Crippen molar-refractivity contribution < 1.29 is 8.42 Å². The Hall–Kier alpha value is -1.21. The Morgan fingerprint density at radius 2 is 2.29 bits per heavy atom. The van der Waals surface area contributed by atoms with Crippen LogP contribution in [0.5, 0.6) is 0 Å². The fourth-order valence-electron chi connectivity index (χ4n) is 1.81. The average Bonchev–Trinajstić information content (AvgIpc) is 2.27. The van der Waals surface area contributed by atoms with Crippen molar-refractivity contribution in [3.8, 4) is 0 Å². The molecule has 0 atom stereocenters. The summed E-state index contributed by atoms with van der Waals surface area (Å²) in [6.45, 7) is 1.54. The number of rotatable bonds is 3. The van der Waals surface area contributed by atoms with E-state index in [1.165, 1.54) is 10.9 Å². The Kier molecular flexibility index (Phi) is 3.30. The van der Waals surface area contributed by atoms with E-state index in [1.807, 2.05) is 0 Å². The fraction of sp³-hybridized carbons (Fsp3) is 0.600. The predicted octanol–water partition coefficient (Wildman–Crippen LogP) is -1.07. The third-order valence-corrected chi connectivity index (χ3v) is 3.69. The molecule has 0 unspecified atom stereocenters. The number of nitrogens with zero attached hydrogens (tertiary/aromatic N) is 2. The molecule has 17 heavy (non-hydrogen) atoms. The molecule has 0 fully saturated rings. The average molecular weight is 257 g/mol. The Morgan fingerprint density at radius 3 is 3.00 bits per heavy atom. The zero-order chi connectivity index (χ0) is 12.5. The maximum absolute atomic E-state index is 12.0. The molecule has 1 N–H and O–H groups in total. The highest BCUT2D eigenvalue weighted by molar-refractivity contribution is 7.90. The maximum atomic E-state index is 12.0. The molecule has 1 aromatic heterocycles. The summed E-state index contributed by atoms with van der Waals surface area (Å²) in [5.41, 5.74) is 1.37. The van der Waals surface area contributed by atoms with E-state index >= 15 is 0 Å². The summed E-state index contributed by atoms with van der Waals surface area (Å²) in [5.74, 6) is -0.0361. The van der Waals surface area contributed by atoms with Crippen LogP contribution in [-0.2, 0) is 29.3 Å². The van der Waals surface area contributed by atoms with E-state index in [4.69, 9.17) is 0 Å². The largest absolute Gasteiger partial charge is 0.311 e. The minimum atomic E-state index is -3.06. The molecular weight excluding hydrogens is 242 g/mol. The molecule has 0 saturated carbocycles. The van der Waals surface area contributed by atoms with Crippen molar-refractivity contribution in [2.75, 3.05) is 18.6 Å². The lowest BCUT2D eigenvalue weighted by molar-refractivity contribution is 0.578. The number of hydrogen-bond donors (Lipinski definition) is 1. The minimum absolute atomic E-state index is 0.0361. The SMILES string of the molecule is CS(=O)(=O)CCn1cnc2c(c1=O)CCNC2. The van der Waals surface area contributed by atoms with Gasteiger partial charge in [-0.3, -0.25) is 9.36 Å². The van der Waals surface area contributed by atoms with Crippen LogP contribution in [0.15, 0.2) is 11.1 Å². The summed E-state index contributed by atoms with van der Waals surface area (Å²) in [7, 11) is -3.06. The van der Waals surface area contributed by atoms with Crippen molar-refractivity contribution >= 4 is 9.84 Å². The van der Waals surface area contributed by atoms with Crippen LogP contribution >= 0.6 is 0 Å². The number of nitrogens with one attached hydrogen (secondary N) is 1. The molecule has 94 valence electrons. The molecule has 7 heteroatoms. The topological polar surface area (TPSA) is 81.1 Å². The van der Waals surface area contributed by atoms with Gasteiger partial charge in [-0.1, -0.05) is 0 Å². The third-order valence-electron chi connectivity index (χ3n) is 2.77. The normalized spacial score (nSPS) is 15.6. The van der Waals surface area contributed by atoms with E-state index in [-0.39, 0.29) is 17.9 Å². The molecule has 1 aromatic rings. The van der Waals surface area contributed by atoms with Crippen molar-refractivity contribution in [2.24, 2.45) is 0 Å². The molecule has 2 rings (SSSR count). The molecule has 0 amide bonds. The second kappa shape index (κ2) is 4.58. The summed E-state index contributed by atoms with van der Waals surface area (Å²) in [6, 6.07) is 0. The molecule has 0 aromatic carbocycles. The van der Waals surface area contributed by atoms with Crippen LogP contribution in [0, 0.1) is 0 Å². The van der Waals surface area contributed by atoms with Crippen LogP contribution in [-0.4, -0.2) is 36.5 Å². The molecule has 0 radical (unpaired) electrons. The van der Waals surface area contributed by atoms with Gasteiger partial charge in [0, 0.05) is 24.9 Å². The van der Waals surface area contributed by atoms with Gasteiger partial charge in [-0.05, 0) is 13.0 Å². The molecule has 0 aliphatic carbocycles. The molecule has 0 spiro atoms. The third kappa shape index (κ3) is 2.92. The predicted molar refractivity (Wildman–Crippen MR) is 63.6 cm³/mol. The van der Waals surface area contributed by atoms with Gasteiger partial charge in [0.1, 0.15) is 9.84 Å². The van der Waals surface area contributed by atoms with E-state index in [2.05, 4.69) is 10.3 Å². The molecule has 1 aliphatic heterocycles. The first-order valence-electron chi connectivity index (χ1n) is 5.43. The Balaban J connectivity index is 2.28. The number of hydrogen-bond acceptors (Lipinski definition) is 5. The van der Waals surface area contributed by atoms with Crippen molar-refractivity contribution in [1.29, 1.82) is 0 Å². The highest BCUT2D eigenvalue weighted by Crippen LogP contribution is 2.05. The summed E-state index contributed by atoms with van der Waals surface area (Å²) in [6.07, 6.45) is 3.24. The fourth-order valence-corrected chi connectivity index (χ4v) is 2.34. The van der Waals surface area contributed by atoms with E-state index in [0.29, 0.717) is 18.5 Å². The second-order valence-corrected chi connectivity index (χ2v) is 6.48. The molecule has 1 aliphatic rings. The van der Waals surface area contributed by atoms with E-state index < -0.39 is 9.84 Å². The van der Waals surface area contributed by atoms with Crippen LogP contribution in [0.2, 0.25) is 0 Å². The first-order valence-corrected chi connectivity index (χ1v) is 7.49. The lowest BCUT2D eigenvalue weighted by Crippen LogP contribution is -2.35. The molecule has 0 saturated heterocycles. The maximum Gasteiger partial charge on any atom is 0.256 e. The van der Waals surface area contributed by atoms with Gasteiger partial charge >= 0.3 is 0 Å². The van der Waals surface area contributed by atoms with Gasteiger partial charge in [-0.2, -0.15) is 0 Å². The van der Waals surface area contributed by atoms with Gasteiger partial charge in [0.2, 0.25) is 0 Å². The summed E-state index contributed by atoms with van der Waals surface area (Å²) >= 11 is 0. The Morgan fingerprint density at radius 1 is 1.53 bits per heavy atom. The van der Waals surface area contributed by atoms with Crippen molar-refractivity contribution in [3.63, 3.8) is 0 Å². The number of aryl methyl sites for hydroxylation is 1. The number of fused-ring (bicyclic) bond motifs is 1. The lowest BCUT2D eigenvalue weighted by Gasteiger charge is -2.16. The van der Waals surface area contributed by atoms with Gasteiger partial charge in [-0.15, -0.1) is 0 Å². The van der Waals surface area contributed by atoms with Gasteiger partial charge in [0.05, 0.1) is 17.8 Å². The highest BCUT2D eigenvalue weighted by Gasteiger charge is 2.15. The standard InChI is InChI=1S/C10H15N3O3S/c1-17(15,16)5-4-13-7-12-9-6-11-3-2-8(9)10(13)14/h7,11H,2-6H2,1H3. The minimum Gasteiger partial charge on any atom is -0.311 e. The first kappa shape index (κ1) is 12.3. The van der Waals surface area contributed by atoms with E-state index in [0.717, 1.165) is 18.5 Å². The van der Waals surface area contributed by atoms with Gasteiger partial charge in [0.25, 0.3) is 5.56 Å². The smallest absolute Gasteiger partial charge is 0.256 e. The second-order valence-electron chi connectivity index (χ2n) is 4.23. The van der Waals surface area contributed by atoms with Gasteiger partial charge in [0.15, 0.2) is 0 Å². The van der Waals surface area contributed by atoms with Crippen LogP contribution in [0.25, 0.3) is 0 Å². The van der Waals surface area contributed by atoms with Crippen LogP contribution in [0.3, 0.4) is 0 Å². The zero-order valence-corrected chi connectivity index (χ0v) is 10.5. The molecular formula is C10H15N3O3S. The van der Waals surface area contributed by atoms with Crippen LogP contribution < -0.4 is 10.9 Å². The molecule has 2 heterocycles. The number of sulfone groups is 1. The van der Waals surface area contributed by atoms with Gasteiger partial charge in [-0.25, -0.2) is 13.4 Å².